The first-order valence-electron chi connectivity index (χ1n) is 11.2. The van der Waals surface area contributed by atoms with Crippen molar-refractivity contribution < 1.29 is 12.8 Å². The number of aromatic nitrogens is 4. The smallest absolute Gasteiger partial charge is 0.262 e. The maximum atomic E-state index is 13.6. The van der Waals surface area contributed by atoms with E-state index in [4.69, 9.17) is 0 Å². The fourth-order valence-electron chi connectivity index (χ4n) is 4.45. The number of aryl methyl sites for hydroxylation is 2. The lowest BCUT2D eigenvalue weighted by atomic mass is 9.94. The molecule has 1 fully saturated rings. The van der Waals surface area contributed by atoms with Gasteiger partial charge in [0.1, 0.15) is 18.0 Å². The largest absolute Gasteiger partial charge is 0.365 e. The van der Waals surface area contributed by atoms with Crippen molar-refractivity contribution in [3.8, 4) is 11.3 Å². The van der Waals surface area contributed by atoms with Crippen LogP contribution in [0.3, 0.4) is 0 Å². The van der Waals surface area contributed by atoms with Crippen LogP contribution in [0.2, 0.25) is 0 Å². The molecule has 0 bridgehead atoms. The second kappa shape index (κ2) is 9.20. The Labute approximate surface area is 203 Å². The van der Waals surface area contributed by atoms with Crippen molar-refractivity contribution in [2.45, 2.75) is 23.9 Å². The molecular formula is C25H25FN6O2S. The highest BCUT2D eigenvalue weighted by Gasteiger charge is 2.41. The van der Waals surface area contributed by atoms with E-state index in [0.717, 1.165) is 22.4 Å². The number of nitrogens with zero attached hydrogens (tertiary/aromatic N) is 5. The van der Waals surface area contributed by atoms with Gasteiger partial charge >= 0.3 is 0 Å². The van der Waals surface area contributed by atoms with Crippen molar-refractivity contribution in [3.63, 3.8) is 0 Å². The highest BCUT2D eigenvalue weighted by Crippen LogP contribution is 2.33. The molecule has 0 amide bonds. The van der Waals surface area contributed by atoms with Gasteiger partial charge in [0, 0.05) is 49.9 Å². The third kappa shape index (κ3) is 4.67. The zero-order chi connectivity index (χ0) is 24.6. The van der Waals surface area contributed by atoms with Crippen LogP contribution < -0.4 is 5.32 Å². The molecule has 4 aromatic rings. The van der Waals surface area contributed by atoms with Crippen LogP contribution in [-0.2, 0) is 17.1 Å². The SMILES string of the molecule is Cc1ccccc1-c1cc(N[C@H]2CN(S(=O)(=O)c3cn(C)cn3)C[C@@H]2c2ccc(F)cc2)ncn1. The van der Waals surface area contributed by atoms with E-state index in [0.29, 0.717) is 5.82 Å². The van der Waals surface area contributed by atoms with Gasteiger partial charge in [-0.15, -0.1) is 0 Å². The van der Waals surface area contributed by atoms with Crippen LogP contribution in [0, 0.1) is 12.7 Å². The van der Waals surface area contributed by atoms with Gasteiger partial charge in [-0.1, -0.05) is 36.4 Å². The Kier molecular flexibility index (Phi) is 6.08. The molecule has 8 nitrogen and oxygen atoms in total. The minimum Gasteiger partial charge on any atom is -0.365 e. The molecule has 0 saturated carbocycles. The normalized spacial score (nSPS) is 18.6. The molecule has 10 heteroatoms. The predicted molar refractivity (Wildman–Crippen MR) is 131 cm³/mol. The topological polar surface area (TPSA) is 93.0 Å². The first-order chi connectivity index (χ1) is 16.8. The molecule has 1 aliphatic heterocycles. The Morgan fingerprint density at radius 2 is 1.80 bits per heavy atom. The van der Waals surface area contributed by atoms with Crippen molar-refractivity contribution in [1.82, 2.24) is 23.8 Å². The summed E-state index contributed by atoms with van der Waals surface area (Å²) in [6.07, 6.45) is 4.44. The fraction of sp³-hybridized carbons (Fsp3) is 0.240. The van der Waals surface area contributed by atoms with Gasteiger partial charge in [0.25, 0.3) is 10.0 Å². The monoisotopic (exact) mass is 492 g/mol. The van der Waals surface area contributed by atoms with Crippen molar-refractivity contribution >= 4 is 15.8 Å². The van der Waals surface area contributed by atoms with Crippen molar-refractivity contribution in [2.75, 3.05) is 18.4 Å². The van der Waals surface area contributed by atoms with Crippen LogP contribution >= 0.6 is 0 Å². The predicted octanol–water partition coefficient (Wildman–Crippen LogP) is 3.59. The first kappa shape index (κ1) is 23.1. The molecular weight excluding hydrogens is 467 g/mol. The van der Waals surface area contributed by atoms with Gasteiger partial charge in [-0.3, -0.25) is 0 Å². The second-order valence-electron chi connectivity index (χ2n) is 8.71. The third-order valence-electron chi connectivity index (χ3n) is 6.29. The molecule has 1 N–H and O–H groups in total. The lowest BCUT2D eigenvalue weighted by molar-refractivity contribution is 0.468. The summed E-state index contributed by atoms with van der Waals surface area (Å²) in [5.41, 5.74) is 3.71. The van der Waals surface area contributed by atoms with Crippen LogP contribution in [0.25, 0.3) is 11.3 Å². The standard InChI is InChI=1S/C25H25FN6O2S/c1-17-5-3-4-6-20(17)22-11-24(28-15-27-22)30-23-13-32(35(33,34)25-14-31(2)16-29-25)12-21(23)18-7-9-19(26)10-8-18/h3-11,14-16,21,23H,12-13H2,1-2H3,(H,27,28,30)/t21-,23+/m1/s1. The number of hydrogen-bond donors (Lipinski definition) is 1. The number of anilines is 1. The summed E-state index contributed by atoms with van der Waals surface area (Å²) in [4.78, 5) is 12.8. The quantitative estimate of drug-likeness (QED) is 0.442. The average Bonchev–Trinajstić information content (AvgIpc) is 3.47. The molecule has 0 spiro atoms. The van der Waals surface area contributed by atoms with Gasteiger partial charge in [-0.05, 0) is 30.2 Å². The summed E-state index contributed by atoms with van der Waals surface area (Å²) in [6.45, 7) is 2.47. The van der Waals surface area contributed by atoms with Crippen molar-refractivity contribution in [2.24, 2.45) is 7.05 Å². The summed E-state index contributed by atoms with van der Waals surface area (Å²) in [6, 6.07) is 15.7. The number of hydrogen-bond acceptors (Lipinski definition) is 6. The molecule has 0 aliphatic carbocycles. The van der Waals surface area contributed by atoms with Gasteiger partial charge < -0.3 is 9.88 Å². The van der Waals surface area contributed by atoms with E-state index < -0.39 is 10.0 Å². The van der Waals surface area contributed by atoms with Crippen molar-refractivity contribution in [1.29, 1.82) is 0 Å². The molecule has 180 valence electrons. The Bertz CT molecular complexity index is 1450. The summed E-state index contributed by atoms with van der Waals surface area (Å²) in [5.74, 6) is 0.0336. The lowest BCUT2D eigenvalue weighted by Crippen LogP contribution is -2.32. The van der Waals surface area contributed by atoms with Gasteiger partial charge in [-0.25, -0.2) is 27.8 Å². The Morgan fingerprint density at radius 1 is 1.03 bits per heavy atom. The summed E-state index contributed by atoms with van der Waals surface area (Å²) < 4.78 is 43.2. The Hall–Kier alpha value is -3.63. The molecule has 0 radical (unpaired) electrons. The zero-order valence-corrected chi connectivity index (χ0v) is 20.2. The maximum Gasteiger partial charge on any atom is 0.262 e. The van der Waals surface area contributed by atoms with Crippen LogP contribution in [0.15, 0.2) is 78.5 Å². The van der Waals surface area contributed by atoms with Crippen LogP contribution in [0.4, 0.5) is 10.2 Å². The van der Waals surface area contributed by atoms with Gasteiger partial charge in [0.05, 0.1) is 12.0 Å². The van der Waals surface area contributed by atoms with Crippen LogP contribution in [-0.4, -0.2) is 51.4 Å². The van der Waals surface area contributed by atoms with E-state index >= 15 is 0 Å². The molecule has 2 aromatic carbocycles. The highest BCUT2D eigenvalue weighted by molar-refractivity contribution is 7.89. The fourth-order valence-corrected chi connectivity index (χ4v) is 5.90. The first-order valence-corrected chi connectivity index (χ1v) is 12.6. The van der Waals surface area contributed by atoms with E-state index in [1.807, 2.05) is 37.3 Å². The molecule has 35 heavy (non-hydrogen) atoms. The average molecular weight is 493 g/mol. The van der Waals surface area contributed by atoms with Crippen LogP contribution in [0.1, 0.15) is 17.0 Å². The number of nitrogens with one attached hydrogen (secondary N) is 1. The number of rotatable bonds is 6. The van der Waals surface area contributed by atoms with Gasteiger partial charge in [0.2, 0.25) is 0 Å². The Morgan fingerprint density at radius 3 is 2.51 bits per heavy atom. The van der Waals surface area contributed by atoms with E-state index in [-0.39, 0.29) is 35.9 Å². The van der Waals surface area contributed by atoms with Crippen LogP contribution in [0.5, 0.6) is 0 Å². The van der Waals surface area contributed by atoms with Gasteiger partial charge in [0.15, 0.2) is 5.03 Å². The van der Waals surface area contributed by atoms with E-state index in [1.54, 1.807) is 23.7 Å². The third-order valence-corrected chi connectivity index (χ3v) is 8.01. The number of benzene rings is 2. The molecule has 2 aromatic heterocycles. The highest BCUT2D eigenvalue weighted by atomic mass is 32.2. The summed E-state index contributed by atoms with van der Waals surface area (Å²) in [7, 11) is -2.07. The molecule has 3 heterocycles. The van der Waals surface area contributed by atoms with Gasteiger partial charge in [-0.2, -0.15) is 4.31 Å². The zero-order valence-electron chi connectivity index (χ0n) is 19.3. The molecule has 2 atom stereocenters. The molecule has 1 aliphatic rings. The molecule has 5 rings (SSSR count). The Balaban J connectivity index is 1.46. The van der Waals surface area contributed by atoms with E-state index in [9.17, 15) is 12.8 Å². The molecule has 1 saturated heterocycles. The number of imidazole rings is 1. The number of halogens is 1. The minimum atomic E-state index is -3.79. The van der Waals surface area contributed by atoms with Crippen molar-refractivity contribution in [3.05, 3.63) is 90.4 Å². The second-order valence-corrected chi connectivity index (χ2v) is 10.6. The summed E-state index contributed by atoms with van der Waals surface area (Å²) >= 11 is 0. The van der Waals surface area contributed by atoms with E-state index in [2.05, 4.69) is 20.3 Å². The summed E-state index contributed by atoms with van der Waals surface area (Å²) in [5, 5.41) is 3.42. The minimum absolute atomic E-state index is 0.00220. The molecule has 0 unspecified atom stereocenters. The number of sulfonamides is 1. The lowest BCUT2D eigenvalue weighted by Gasteiger charge is -2.21. The van der Waals surface area contributed by atoms with E-state index in [1.165, 1.54) is 35.3 Å². The maximum absolute atomic E-state index is 13.6.